The molecule has 152 valence electrons. The van der Waals surface area contributed by atoms with E-state index in [1.54, 1.807) is 36.4 Å². The number of carbonyl (C=O) groups is 1. The number of hydrazone groups is 1. The van der Waals surface area contributed by atoms with E-state index in [0.717, 1.165) is 21.6 Å². The van der Waals surface area contributed by atoms with Crippen molar-refractivity contribution >= 4 is 34.3 Å². The number of rotatable bonds is 4. The van der Waals surface area contributed by atoms with Crippen molar-refractivity contribution in [3.8, 4) is 0 Å². The van der Waals surface area contributed by atoms with Crippen molar-refractivity contribution in [1.29, 1.82) is 0 Å². The predicted octanol–water partition coefficient (Wildman–Crippen LogP) is 5.48. The number of aromatic nitrogens is 1. The van der Waals surface area contributed by atoms with E-state index in [1.807, 2.05) is 35.8 Å². The molecular weight excluding hydrogens is 391 g/mol. The number of alkyl halides is 3. The number of amides is 1. The van der Waals surface area contributed by atoms with Gasteiger partial charge < -0.3 is 4.57 Å². The third-order valence-electron chi connectivity index (χ3n) is 5.03. The van der Waals surface area contributed by atoms with E-state index >= 15 is 0 Å². The van der Waals surface area contributed by atoms with Gasteiger partial charge in [0.05, 0.1) is 11.3 Å². The molecule has 0 unspecified atom stereocenters. The van der Waals surface area contributed by atoms with Gasteiger partial charge in [-0.05, 0) is 31.2 Å². The molecule has 3 aromatic rings. The lowest BCUT2D eigenvalue weighted by atomic mass is 10.0. The second-order valence-electron chi connectivity index (χ2n) is 6.87. The highest BCUT2D eigenvalue weighted by Crippen LogP contribution is 2.35. The van der Waals surface area contributed by atoms with Gasteiger partial charge in [0.15, 0.2) is 5.71 Å². The lowest BCUT2D eigenvalue weighted by Gasteiger charge is -2.10. The SMILES string of the molecule is C=CCn1c(C)c(/C=C2\C(=O)N(c3ccccc3)N=C2C(F)(F)F)c2ccccc21. The smallest absolute Gasteiger partial charge is 0.340 e. The zero-order valence-electron chi connectivity index (χ0n) is 16.1. The van der Waals surface area contributed by atoms with E-state index in [0.29, 0.717) is 12.1 Å². The van der Waals surface area contributed by atoms with Gasteiger partial charge >= 0.3 is 6.18 Å². The van der Waals surface area contributed by atoms with Crippen LogP contribution in [0.15, 0.2) is 77.9 Å². The van der Waals surface area contributed by atoms with Crippen LogP contribution in [0.2, 0.25) is 0 Å². The third-order valence-corrected chi connectivity index (χ3v) is 5.03. The summed E-state index contributed by atoms with van der Waals surface area (Å²) in [6.45, 7) is 6.07. The predicted molar refractivity (Wildman–Crippen MR) is 112 cm³/mol. The molecule has 0 N–H and O–H groups in total. The summed E-state index contributed by atoms with van der Waals surface area (Å²) < 4.78 is 43.2. The minimum atomic E-state index is -4.77. The van der Waals surface area contributed by atoms with Gasteiger partial charge in [-0.3, -0.25) is 4.79 Å². The first-order valence-corrected chi connectivity index (χ1v) is 9.29. The molecule has 0 aliphatic carbocycles. The number of anilines is 1. The Labute approximate surface area is 171 Å². The van der Waals surface area contributed by atoms with Crippen molar-refractivity contribution < 1.29 is 18.0 Å². The summed E-state index contributed by atoms with van der Waals surface area (Å²) in [5, 5.41) is 5.18. The van der Waals surface area contributed by atoms with Crippen LogP contribution in [0, 0.1) is 6.92 Å². The van der Waals surface area contributed by atoms with E-state index in [1.165, 1.54) is 6.08 Å². The maximum Gasteiger partial charge on any atom is 0.435 e. The van der Waals surface area contributed by atoms with E-state index in [9.17, 15) is 18.0 Å². The van der Waals surface area contributed by atoms with E-state index in [4.69, 9.17) is 0 Å². The van der Waals surface area contributed by atoms with Crippen LogP contribution in [0.3, 0.4) is 0 Å². The second kappa shape index (κ2) is 7.33. The fourth-order valence-corrected chi connectivity index (χ4v) is 3.65. The third kappa shape index (κ3) is 3.22. The van der Waals surface area contributed by atoms with Crippen LogP contribution in [0.25, 0.3) is 17.0 Å². The summed E-state index contributed by atoms with van der Waals surface area (Å²) >= 11 is 0. The molecule has 0 atom stereocenters. The Kier molecular flexibility index (Phi) is 4.81. The van der Waals surface area contributed by atoms with Gasteiger partial charge in [-0.1, -0.05) is 42.5 Å². The molecule has 7 heteroatoms. The number of halogens is 3. The molecule has 1 amide bonds. The average Bonchev–Trinajstić information content (AvgIpc) is 3.19. The standard InChI is InChI=1S/C23H18F3N3O/c1-3-13-28-15(2)18(17-11-7-8-12-20(17)28)14-19-21(23(24,25)26)27-29(22(19)30)16-9-5-4-6-10-16/h3-12,14H,1,13H2,2H3/b19-14-. The highest BCUT2D eigenvalue weighted by Gasteiger charge is 2.47. The molecule has 0 spiro atoms. The molecule has 30 heavy (non-hydrogen) atoms. The van der Waals surface area contributed by atoms with Crippen LogP contribution < -0.4 is 5.01 Å². The zero-order chi connectivity index (χ0) is 21.5. The molecule has 2 aromatic carbocycles. The number of hydrogen-bond acceptors (Lipinski definition) is 2. The summed E-state index contributed by atoms with van der Waals surface area (Å²) in [4.78, 5) is 13.0. The molecular formula is C23H18F3N3O. The first-order valence-electron chi connectivity index (χ1n) is 9.29. The molecule has 0 radical (unpaired) electrons. The van der Waals surface area contributed by atoms with Crippen LogP contribution in [0.4, 0.5) is 18.9 Å². The van der Waals surface area contributed by atoms with E-state index in [2.05, 4.69) is 11.7 Å². The van der Waals surface area contributed by atoms with Gasteiger partial charge in [-0.25, -0.2) is 0 Å². The molecule has 1 aliphatic heterocycles. The summed E-state index contributed by atoms with van der Waals surface area (Å²) in [7, 11) is 0. The maximum atomic E-state index is 13.7. The first kappa shape index (κ1) is 19.7. The molecule has 1 aromatic heterocycles. The summed E-state index contributed by atoms with van der Waals surface area (Å²) in [6.07, 6.45) is -1.75. The minimum absolute atomic E-state index is 0.276. The average molecular weight is 409 g/mol. The molecule has 4 nitrogen and oxygen atoms in total. The number of nitrogens with zero attached hydrogens (tertiary/aromatic N) is 3. The number of para-hydroxylation sites is 2. The van der Waals surface area contributed by atoms with Crippen LogP contribution in [-0.4, -0.2) is 22.4 Å². The number of benzene rings is 2. The largest absolute Gasteiger partial charge is 0.435 e. The Morgan fingerprint density at radius 1 is 1.07 bits per heavy atom. The van der Waals surface area contributed by atoms with Crippen LogP contribution in [-0.2, 0) is 11.3 Å². The number of hydrogen-bond donors (Lipinski definition) is 0. The highest BCUT2D eigenvalue weighted by atomic mass is 19.4. The molecule has 1 aliphatic rings. The van der Waals surface area contributed by atoms with Gasteiger partial charge in [-0.2, -0.15) is 23.3 Å². The lowest BCUT2D eigenvalue weighted by molar-refractivity contribution is -0.114. The topological polar surface area (TPSA) is 37.6 Å². The molecule has 0 fully saturated rings. The summed E-state index contributed by atoms with van der Waals surface area (Å²) in [5.74, 6) is -0.812. The van der Waals surface area contributed by atoms with Crippen molar-refractivity contribution in [2.24, 2.45) is 5.10 Å². The van der Waals surface area contributed by atoms with E-state index < -0.39 is 23.4 Å². The maximum absolute atomic E-state index is 13.7. The normalized spacial score (nSPS) is 15.9. The highest BCUT2D eigenvalue weighted by molar-refractivity contribution is 6.34. The second-order valence-corrected chi connectivity index (χ2v) is 6.87. The fraction of sp³-hybridized carbons (Fsp3) is 0.130. The Balaban J connectivity index is 1.91. The Morgan fingerprint density at radius 3 is 2.40 bits per heavy atom. The molecule has 0 saturated heterocycles. The molecule has 2 heterocycles. The lowest BCUT2D eigenvalue weighted by Crippen LogP contribution is -2.25. The fourth-order valence-electron chi connectivity index (χ4n) is 3.65. The summed E-state index contributed by atoms with van der Waals surface area (Å²) in [5.41, 5.74) is 0.766. The minimum Gasteiger partial charge on any atom is -0.340 e. The Hall–Kier alpha value is -3.61. The first-order chi connectivity index (χ1) is 14.3. The summed E-state index contributed by atoms with van der Waals surface area (Å²) in [6, 6.07) is 15.5. The van der Waals surface area contributed by atoms with Crippen LogP contribution in [0.1, 0.15) is 11.3 Å². The van der Waals surface area contributed by atoms with Crippen LogP contribution >= 0.6 is 0 Å². The van der Waals surface area contributed by atoms with Gasteiger partial charge in [0.2, 0.25) is 0 Å². The van der Waals surface area contributed by atoms with Gasteiger partial charge in [0.25, 0.3) is 5.91 Å². The van der Waals surface area contributed by atoms with E-state index in [-0.39, 0.29) is 5.69 Å². The molecule has 0 saturated carbocycles. The molecule has 4 rings (SSSR count). The van der Waals surface area contributed by atoms with Crippen molar-refractivity contribution in [2.45, 2.75) is 19.6 Å². The van der Waals surface area contributed by atoms with Crippen molar-refractivity contribution in [1.82, 2.24) is 4.57 Å². The van der Waals surface area contributed by atoms with Crippen LogP contribution in [0.5, 0.6) is 0 Å². The van der Waals surface area contributed by atoms with Gasteiger partial charge in [0, 0.05) is 28.7 Å². The van der Waals surface area contributed by atoms with Gasteiger partial charge in [-0.15, -0.1) is 6.58 Å². The molecule has 0 bridgehead atoms. The monoisotopic (exact) mass is 409 g/mol. The number of allylic oxidation sites excluding steroid dienone is 1. The quantitative estimate of drug-likeness (QED) is 0.415. The van der Waals surface area contributed by atoms with Crippen molar-refractivity contribution in [3.63, 3.8) is 0 Å². The van der Waals surface area contributed by atoms with Crippen molar-refractivity contribution in [3.05, 3.63) is 84.1 Å². The Bertz CT molecular complexity index is 1200. The number of carbonyl (C=O) groups excluding carboxylic acids is 1. The Morgan fingerprint density at radius 2 is 1.73 bits per heavy atom. The van der Waals surface area contributed by atoms with Gasteiger partial charge in [0.1, 0.15) is 0 Å². The zero-order valence-corrected chi connectivity index (χ0v) is 16.1. The number of fused-ring (bicyclic) bond motifs is 1. The van der Waals surface area contributed by atoms with Crippen molar-refractivity contribution in [2.75, 3.05) is 5.01 Å².